The van der Waals surface area contributed by atoms with Gasteiger partial charge in [0.2, 0.25) is 0 Å². The highest BCUT2D eigenvalue weighted by Crippen LogP contribution is 2.58. The molecule has 0 saturated heterocycles. The summed E-state index contributed by atoms with van der Waals surface area (Å²) in [6.07, 6.45) is 18.6. The van der Waals surface area contributed by atoms with E-state index in [1.54, 1.807) is 5.57 Å². The summed E-state index contributed by atoms with van der Waals surface area (Å²) in [6.45, 7) is 5.81. The van der Waals surface area contributed by atoms with E-state index in [2.05, 4.69) is 42.7 Å². The van der Waals surface area contributed by atoms with Crippen LogP contribution in [0.15, 0.2) is 53.8 Å². The number of allylic oxidation sites excluding steroid dienone is 7. The second-order valence-electron chi connectivity index (χ2n) is 5.19. The average molecular weight is 226 g/mol. The summed E-state index contributed by atoms with van der Waals surface area (Å²) >= 11 is 0. The Balaban J connectivity index is 1.96. The van der Waals surface area contributed by atoms with Crippen molar-refractivity contribution in [3.05, 3.63) is 53.8 Å². The van der Waals surface area contributed by atoms with E-state index in [-0.39, 0.29) is 0 Å². The quantitative estimate of drug-likeness (QED) is 0.356. The highest BCUT2D eigenvalue weighted by atomic mass is 14.5. The smallest absolute Gasteiger partial charge is 0.000147 e. The fourth-order valence-corrected chi connectivity index (χ4v) is 3.13. The van der Waals surface area contributed by atoms with E-state index in [0.29, 0.717) is 5.41 Å². The molecule has 2 aliphatic carbocycles. The lowest BCUT2D eigenvalue weighted by Gasteiger charge is -2.41. The molecular weight excluding hydrogens is 204 g/mol. The molecule has 0 nitrogen and oxygen atoms in total. The van der Waals surface area contributed by atoms with Crippen molar-refractivity contribution >= 4 is 0 Å². The summed E-state index contributed by atoms with van der Waals surface area (Å²) in [7, 11) is 0. The van der Waals surface area contributed by atoms with Crippen molar-refractivity contribution in [1.29, 1.82) is 0 Å². The van der Waals surface area contributed by atoms with Crippen LogP contribution in [-0.4, -0.2) is 0 Å². The van der Waals surface area contributed by atoms with Crippen LogP contribution in [0.3, 0.4) is 0 Å². The Morgan fingerprint density at radius 3 is 2.88 bits per heavy atom. The summed E-state index contributed by atoms with van der Waals surface area (Å²) in [6, 6.07) is 0. The molecular formula is C17H22. The molecule has 0 aromatic carbocycles. The SMILES string of the molecule is C=C=C1CC2(CCC/C2=C\C/C=C\C=C/C)C1. The second-order valence-corrected chi connectivity index (χ2v) is 5.19. The van der Waals surface area contributed by atoms with Gasteiger partial charge >= 0.3 is 0 Å². The molecule has 0 heterocycles. The molecule has 0 bridgehead atoms. The minimum atomic E-state index is 0.522. The molecule has 0 heteroatoms. The molecule has 0 radical (unpaired) electrons. The topological polar surface area (TPSA) is 0 Å². The fourth-order valence-electron chi connectivity index (χ4n) is 3.13. The Morgan fingerprint density at radius 1 is 1.35 bits per heavy atom. The Kier molecular flexibility index (Phi) is 3.86. The van der Waals surface area contributed by atoms with Crippen molar-refractivity contribution in [3.63, 3.8) is 0 Å². The molecule has 0 amide bonds. The van der Waals surface area contributed by atoms with E-state index in [4.69, 9.17) is 0 Å². The zero-order valence-corrected chi connectivity index (χ0v) is 10.8. The summed E-state index contributed by atoms with van der Waals surface area (Å²) < 4.78 is 0. The predicted octanol–water partition coefficient (Wildman–Crippen LogP) is 5.11. The average Bonchev–Trinajstić information content (AvgIpc) is 2.70. The lowest BCUT2D eigenvalue weighted by molar-refractivity contribution is 0.275. The van der Waals surface area contributed by atoms with E-state index in [9.17, 15) is 0 Å². The van der Waals surface area contributed by atoms with Gasteiger partial charge in [0, 0.05) is 0 Å². The molecule has 0 atom stereocenters. The van der Waals surface area contributed by atoms with Crippen LogP contribution < -0.4 is 0 Å². The van der Waals surface area contributed by atoms with Crippen LogP contribution in [0.25, 0.3) is 0 Å². The molecule has 90 valence electrons. The van der Waals surface area contributed by atoms with Gasteiger partial charge in [-0.2, -0.15) is 0 Å². The van der Waals surface area contributed by atoms with E-state index in [1.807, 2.05) is 6.92 Å². The zero-order valence-electron chi connectivity index (χ0n) is 10.8. The van der Waals surface area contributed by atoms with Gasteiger partial charge in [-0.05, 0) is 56.4 Å². The Morgan fingerprint density at radius 2 is 2.18 bits per heavy atom. The van der Waals surface area contributed by atoms with Crippen LogP contribution in [0.1, 0.15) is 45.4 Å². The van der Waals surface area contributed by atoms with Crippen molar-refractivity contribution < 1.29 is 0 Å². The van der Waals surface area contributed by atoms with Crippen LogP contribution in [0.5, 0.6) is 0 Å². The van der Waals surface area contributed by atoms with Crippen LogP contribution in [0.4, 0.5) is 0 Å². The number of hydrogen-bond acceptors (Lipinski definition) is 0. The molecule has 2 rings (SSSR count). The third-order valence-electron chi connectivity index (χ3n) is 4.08. The molecule has 0 unspecified atom stereocenters. The van der Waals surface area contributed by atoms with Gasteiger partial charge in [0.15, 0.2) is 0 Å². The van der Waals surface area contributed by atoms with Gasteiger partial charge < -0.3 is 0 Å². The van der Waals surface area contributed by atoms with Crippen LogP contribution in [0, 0.1) is 5.41 Å². The Bertz CT molecular complexity index is 403. The fraction of sp³-hybridized carbons (Fsp3) is 0.471. The third-order valence-corrected chi connectivity index (χ3v) is 4.08. The van der Waals surface area contributed by atoms with Crippen LogP contribution in [0.2, 0.25) is 0 Å². The molecule has 1 spiro atoms. The van der Waals surface area contributed by atoms with Crippen LogP contribution in [-0.2, 0) is 0 Å². The molecule has 2 aliphatic rings. The summed E-state index contributed by atoms with van der Waals surface area (Å²) in [5.74, 6) is 0. The molecule has 0 aliphatic heterocycles. The van der Waals surface area contributed by atoms with Crippen LogP contribution >= 0.6 is 0 Å². The van der Waals surface area contributed by atoms with Crippen molar-refractivity contribution in [2.75, 3.05) is 0 Å². The molecule has 0 aromatic heterocycles. The number of rotatable bonds is 3. The Hall–Kier alpha value is -1.26. The van der Waals surface area contributed by atoms with E-state index in [0.717, 1.165) is 6.42 Å². The molecule has 0 aromatic rings. The lowest BCUT2D eigenvalue weighted by atomic mass is 9.62. The zero-order chi connectivity index (χ0) is 12.1. The van der Waals surface area contributed by atoms with Crippen molar-refractivity contribution in [2.24, 2.45) is 5.41 Å². The third kappa shape index (κ3) is 2.53. The van der Waals surface area contributed by atoms with E-state index < -0.39 is 0 Å². The summed E-state index contributed by atoms with van der Waals surface area (Å²) in [5, 5.41) is 0. The maximum atomic E-state index is 3.76. The predicted molar refractivity (Wildman–Crippen MR) is 74.8 cm³/mol. The standard InChI is InChI=1S/C17H22/c1-3-5-6-7-8-10-16-11-9-12-17(16)13-15(4-2)14-17/h3,5-7,10H,2,8-9,11-14H2,1H3/b5-3-,7-6-,16-10+. The molecule has 17 heavy (non-hydrogen) atoms. The van der Waals surface area contributed by atoms with Gasteiger partial charge in [-0.25, -0.2) is 0 Å². The summed E-state index contributed by atoms with van der Waals surface area (Å²) in [4.78, 5) is 0. The first kappa shape index (κ1) is 12.2. The molecule has 0 N–H and O–H groups in total. The first-order chi connectivity index (χ1) is 8.30. The van der Waals surface area contributed by atoms with Gasteiger partial charge in [0.05, 0.1) is 0 Å². The highest BCUT2D eigenvalue weighted by Gasteiger charge is 2.45. The van der Waals surface area contributed by atoms with E-state index in [1.165, 1.54) is 37.7 Å². The van der Waals surface area contributed by atoms with Crippen molar-refractivity contribution in [3.8, 4) is 0 Å². The van der Waals surface area contributed by atoms with Crippen molar-refractivity contribution in [2.45, 2.75) is 45.4 Å². The first-order valence-electron chi connectivity index (χ1n) is 6.66. The normalized spacial score (nSPS) is 30.6. The van der Waals surface area contributed by atoms with Gasteiger partial charge in [-0.3, -0.25) is 0 Å². The van der Waals surface area contributed by atoms with Gasteiger partial charge in [0.25, 0.3) is 0 Å². The maximum Gasteiger partial charge on any atom is -0.000147 e. The minimum absolute atomic E-state index is 0.522. The Labute approximate surface area is 105 Å². The number of hydrogen-bond donors (Lipinski definition) is 0. The second kappa shape index (κ2) is 5.38. The lowest BCUT2D eigenvalue weighted by Crippen LogP contribution is -2.29. The molecule has 2 fully saturated rings. The monoisotopic (exact) mass is 226 g/mol. The largest absolute Gasteiger partial charge is 0.130 e. The molecule has 2 saturated carbocycles. The van der Waals surface area contributed by atoms with Gasteiger partial charge in [0.1, 0.15) is 0 Å². The van der Waals surface area contributed by atoms with Crippen molar-refractivity contribution in [1.82, 2.24) is 0 Å². The maximum absolute atomic E-state index is 3.76. The highest BCUT2D eigenvalue weighted by molar-refractivity contribution is 5.33. The van der Waals surface area contributed by atoms with Gasteiger partial charge in [-0.1, -0.05) is 42.5 Å². The van der Waals surface area contributed by atoms with E-state index >= 15 is 0 Å². The summed E-state index contributed by atoms with van der Waals surface area (Å²) in [5.41, 5.74) is 6.72. The minimum Gasteiger partial charge on any atom is -0.130 e. The first-order valence-corrected chi connectivity index (χ1v) is 6.66. The van der Waals surface area contributed by atoms with Gasteiger partial charge in [-0.15, -0.1) is 5.73 Å².